The number of benzene rings is 2. The van der Waals surface area contributed by atoms with Crippen molar-refractivity contribution in [1.82, 2.24) is 5.32 Å². The van der Waals surface area contributed by atoms with Crippen LogP contribution in [-0.4, -0.2) is 23.0 Å². The molecule has 2 rings (SSSR count). The summed E-state index contributed by atoms with van der Waals surface area (Å²) in [5.41, 5.74) is 0.593. The number of amides is 1. The number of carboxylic acid groups (broad SMARTS) is 1. The second-order valence-electron chi connectivity index (χ2n) is 7.26. The lowest BCUT2D eigenvalue weighted by molar-refractivity contribution is -0.139. The van der Waals surface area contributed by atoms with E-state index in [0.717, 1.165) is 5.56 Å². The summed E-state index contributed by atoms with van der Waals surface area (Å²) >= 11 is 0. The maximum atomic E-state index is 13.7. The van der Waals surface area contributed by atoms with E-state index in [1.807, 2.05) is 32.9 Å². The minimum absolute atomic E-state index is 0.0728. The van der Waals surface area contributed by atoms with Crippen molar-refractivity contribution in [3.05, 3.63) is 70.5 Å². The molecule has 1 amide bonds. The van der Waals surface area contributed by atoms with Crippen molar-refractivity contribution in [3.63, 3.8) is 0 Å². The molecule has 2 aromatic rings. The van der Waals surface area contributed by atoms with Gasteiger partial charge in [-0.3, -0.25) is 4.79 Å². The SMILES string of the molecule is CC(C)(C)c1ccc(C[C@H](NC(=O)c2c(F)cc(F)cc2F)C(=O)O)cc1. The summed E-state index contributed by atoms with van der Waals surface area (Å²) in [5, 5.41) is 11.4. The largest absolute Gasteiger partial charge is 0.480 e. The van der Waals surface area contributed by atoms with Gasteiger partial charge in [0.1, 0.15) is 29.1 Å². The molecule has 0 saturated heterocycles. The Morgan fingerprint density at radius 3 is 2.00 bits per heavy atom. The van der Waals surface area contributed by atoms with E-state index in [1.165, 1.54) is 0 Å². The van der Waals surface area contributed by atoms with Crippen LogP contribution in [0.1, 0.15) is 42.3 Å². The Morgan fingerprint density at radius 1 is 1.04 bits per heavy atom. The van der Waals surface area contributed by atoms with Crippen molar-refractivity contribution >= 4 is 11.9 Å². The van der Waals surface area contributed by atoms with E-state index in [9.17, 15) is 27.9 Å². The van der Waals surface area contributed by atoms with Crippen LogP contribution >= 0.6 is 0 Å². The van der Waals surface area contributed by atoms with Crippen LogP contribution < -0.4 is 5.32 Å². The van der Waals surface area contributed by atoms with Crippen LogP contribution in [0, 0.1) is 17.5 Å². The van der Waals surface area contributed by atoms with E-state index in [1.54, 1.807) is 12.1 Å². The molecule has 0 fully saturated rings. The molecule has 0 aliphatic carbocycles. The second kappa shape index (κ2) is 7.82. The summed E-state index contributed by atoms with van der Waals surface area (Å²) in [6.45, 7) is 6.11. The molecule has 1 atom stereocenters. The van der Waals surface area contributed by atoms with Gasteiger partial charge in [0.2, 0.25) is 0 Å². The third-order valence-electron chi connectivity index (χ3n) is 4.10. The predicted octanol–water partition coefficient (Wildman–Crippen LogP) is 3.83. The molecule has 2 aromatic carbocycles. The second-order valence-corrected chi connectivity index (χ2v) is 7.26. The Hall–Kier alpha value is -2.83. The van der Waals surface area contributed by atoms with Crippen molar-refractivity contribution in [2.24, 2.45) is 0 Å². The number of carboxylic acids is 1. The van der Waals surface area contributed by atoms with Gasteiger partial charge in [-0.15, -0.1) is 0 Å². The standard InChI is InChI=1S/C20H20F3NO3/c1-20(2,3)12-6-4-11(5-7-12)8-16(19(26)27)24-18(25)17-14(22)9-13(21)10-15(17)23/h4-7,9-10,16H,8H2,1-3H3,(H,24,25)(H,26,27)/t16-/m0/s1. The monoisotopic (exact) mass is 379 g/mol. The molecular weight excluding hydrogens is 359 g/mol. The van der Waals surface area contributed by atoms with E-state index in [2.05, 4.69) is 5.32 Å². The van der Waals surface area contributed by atoms with Crippen molar-refractivity contribution in [2.75, 3.05) is 0 Å². The number of rotatable bonds is 5. The van der Waals surface area contributed by atoms with E-state index in [4.69, 9.17) is 0 Å². The van der Waals surface area contributed by atoms with Gasteiger partial charge in [-0.1, -0.05) is 45.0 Å². The Bertz CT molecular complexity index is 835. The van der Waals surface area contributed by atoms with Gasteiger partial charge < -0.3 is 10.4 Å². The Morgan fingerprint density at radius 2 is 1.56 bits per heavy atom. The van der Waals surface area contributed by atoms with Gasteiger partial charge >= 0.3 is 5.97 Å². The van der Waals surface area contributed by atoms with E-state index in [-0.39, 0.29) is 11.8 Å². The lowest BCUT2D eigenvalue weighted by Crippen LogP contribution is -2.43. The predicted molar refractivity (Wildman–Crippen MR) is 94.1 cm³/mol. The quantitative estimate of drug-likeness (QED) is 0.830. The number of carbonyl (C=O) groups excluding carboxylic acids is 1. The Kier molecular flexibility index (Phi) is 5.93. The molecular formula is C20H20F3NO3. The smallest absolute Gasteiger partial charge is 0.326 e. The van der Waals surface area contributed by atoms with E-state index >= 15 is 0 Å². The molecule has 0 spiro atoms. The number of hydrogen-bond acceptors (Lipinski definition) is 2. The zero-order valence-corrected chi connectivity index (χ0v) is 15.1. The first-order valence-corrected chi connectivity index (χ1v) is 8.26. The minimum Gasteiger partial charge on any atom is -0.480 e. The van der Waals surface area contributed by atoms with Crippen molar-refractivity contribution in [3.8, 4) is 0 Å². The van der Waals surface area contributed by atoms with Crippen LogP contribution in [-0.2, 0) is 16.6 Å². The molecule has 7 heteroatoms. The zero-order chi connectivity index (χ0) is 20.4. The molecule has 27 heavy (non-hydrogen) atoms. The van der Waals surface area contributed by atoms with Gasteiger partial charge in [-0.05, 0) is 16.5 Å². The number of carbonyl (C=O) groups is 2. The van der Waals surface area contributed by atoms with Gasteiger partial charge in [-0.2, -0.15) is 0 Å². The third-order valence-corrected chi connectivity index (χ3v) is 4.10. The lowest BCUT2D eigenvalue weighted by Gasteiger charge is -2.20. The summed E-state index contributed by atoms with van der Waals surface area (Å²) < 4.78 is 40.4. The van der Waals surface area contributed by atoms with Gasteiger partial charge in [0.25, 0.3) is 5.91 Å². The van der Waals surface area contributed by atoms with Gasteiger partial charge in [0.05, 0.1) is 0 Å². The molecule has 0 aliphatic rings. The van der Waals surface area contributed by atoms with Crippen LogP contribution in [0.4, 0.5) is 13.2 Å². The van der Waals surface area contributed by atoms with Crippen molar-refractivity contribution in [2.45, 2.75) is 38.6 Å². The molecule has 0 aliphatic heterocycles. The normalized spacial score (nSPS) is 12.5. The molecule has 0 unspecified atom stereocenters. The summed E-state index contributed by atoms with van der Waals surface area (Å²) in [4.78, 5) is 23.6. The highest BCUT2D eigenvalue weighted by Crippen LogP contribution is 2.22. The highest BCUT2D eigenvalue weighted by atomic mass is 19.1. The summed E-state index contributed by atoms with van der Waals surface area (Å²) in [7, 11) is 0. The number of nitrogens with one attached hydrogen (secondary N) is 1. The highest BCUT2D eigenvalue weighted by molar-refractivity contribution is 5.97. The average molecular weight is 379 g/mol. The fourth-order valence-electron chi connectivity index (χ4n) is 2.57. The molecule has 0 saturated carbocycles. The molecule has 0 bridgehead atoms. The van der Waals surface area contributed by atoms with E-state index in [0.29, 0.717) is 17.7 Å². The lowest BCUT2D eigenvalue weighted by atomic mass is 9.86. The molecule has 0 radical (unpaired) electrons. The van der Waals surface area contributed by atoms with Gasteiger partial charge in [-0.25, -0.2) is 18.0 Å². The maximum Gasteiger partial charge on any atom is 0.326 e. The first-order chi connectivity index (χ1) is 12.5. The van der Waals surface area contributed by atoms with Crippen molar-refractivity contribution < 1.29 is 27.9 Å². The topological polar surface area (TPSA) is 66.4 Å². The molecule has 144 valence electrons. The fourth-order valence-corrected chi connectivity index (χ4v) is 2.57. The minimum atomic E-state index is -1.40. The van der Waals surface area contributed by atoms with Crippen LogP contribution in [0.2, 0.25) is 0 Å². The van der Waals surface area contributed by atoms with Crippen LogP contribution in [0.5, 0.6) is 0 Å². The van der Waals surface area contributed by atoms with Crippen LogP contribution in [0.25, 0.3) is 0 Å². The Balaban J connectivity index is 2.19. The fraction of sp³-hybridized carbons (Fsp3) is 0.300. The Labute approximate surface area is 155 Å². The molecule has 0 heterocycles. The molecule has 4 nitrogen and oxygen atoms in total. The summed E-state index contributed by atoms with van der Waals surface area (Å²) in [6.07, 6.45) is -0.0735. The summed E-state index contributed by atoms with van der Waals surface area (Å²) in [6, 6.07) is 6.51. The zero-order valence-electron chi connectivity index (χ0n) is 15.1. The number of halogens is 3. The molecule has 0 aromatic heterocycles. The van der Waals surface area contributed by atoms with Crippen LogP contribution in [0.3, 0.4) is 0 Å². The van der Waals surface area contributed by atoms with Gasteiger partial charge in [0.15, 0.2) is 0 Å². The number of hydrogen-bond donors (Lipinski definition) is 2. The molecule has 2 N–H and O–H groups in total. The first-order valence-electron chi connectivity index (χ1n) is 8.26. The van der Waals surface area contributed by atoms with Crippen molar-refractivity contribution in [1.29, 1.82) is 0 Å². The average Bonchev–Trinajstić information content (AvgIpc) is 2.52. The third kappa shape index (κ3) is 5.09. The summed E-state index contributed by atoms with van der Waals surface area (Å²) in [5.74, 6) is -6.59. The van der Waals surface area contributed by atoms with E-state index < -0.39 is 40.9 Å². The van der Waals surface area contributed by atoms with Crippen LogP contribution in [0.15, 0.2) is 36.4 Å². The first kappa shape index (κ1) is 20.5. The maximum absolute atomic E-state index is 13.7. The van der Waals surface area contributed by atoms with Gasteiger partial charge in [0, 0.05) is 18.6 Å². The number of aliphatic carboxylic acids is 1. The highest BCUT2D eigenvalue weighted by Gasteiger charge is 2.25.